The van der Waals surface area contributed by atoms with Gasteiger partial charge in [0.15, 0.2) is 0 Å². The van der Waals surface area contributed by atoms with E-state index in [1.54, 1.807) is 4.90 Å². The minimum absolute atomic E-state index is 0.000188. The van der Waals surface area contributed by atoms with E-state index in [-0.39, 0.29) is 17.8 Å². The summed E-state index contributed by atoms with van der Waals surface area (Å²) in [6.07, 6.45) is 0.684. The number of carbonyl (C=O) groups excluding carboxylic acids is 2. The van der Waals surface area contributed by atoms with Crippen molar-refractivity contribution in [1.82, 2.24) is 4.90 Å². The Morgan fingerprint density at radius 1 is 1.56 bits per heavy atom. The first kappa shape index (κ1) is 13.5. The predicted molar refractivity (Wildman–Crippen MR) is 72.8 cm³/mol. The number of thiophene rings is 1. The fraction of sp³-hybridized carbons (Fsp3) is 0.500. The number of amides is 1. The first-order valence-electron chi connectivity index (χ1n) is 5.66. The van der Waals surface area contributed by atoms with Gasteiger partial charge in [0.05, 0.1) is 21.7 Å². The second kappa shape index (κ2) is 5.40. The molecular formula is C12H14BrNO3S. The number of likely N-dealkylation sites (tertiary alicyclic amines) is 1. The van der Waals surface area contributed by atoms with E-state index in [4.69, 9.17) is 4.74 Å². The highest BCUT2D eigenvalue weighted by Gasteiger charge is 2.32. The molecule has 1 unspecified atom stereocenters. The molecule has 0 saturated carbocycles. The molecule has 98 valence electrons. The summed E-state index contributed by atoms with van der Waals surface area (Å²) >= 11 is 4.85. The van der Waals surface area contributed by atoms with E-state index >= 15 is 0 Å². The van der Waals surface area contributed by atoms with Gasteiger partial charge in [0, 0.05) is 13.1 Å². The molecule has 1 atom stereocenters. The zero-order valence-corrected chi connectivity index (χ0v) is 12.6. The van der Waals surface area contributed by atoms with Crippen LogP contribution < -0.4 is 0 Å². The molecule has 1 aromatic rings. The molecule has 0 aromatic carbocycles. The highest BCUT2D eigenvalue weighted by molar-refractivity contribution is 9.11. The van der Waals surface area contributed by atoms with Gasteiger partial charge in [-0.25, -0.2) is 0 Å². The van der Waals surface area contributed by atoms with Crippen LogP contribution in [0.15, 0.2) is 9.85 Å². The molecule has 1 amide bonds. The molecule has 1 aliphatic heterocycles. The number of rotatable bonds is 2. The van der Waals surface area contributed by atoms with Gasteiger partial charge < -0.3 is 9.64 Å². The first-order valence-corrected chi connectivity index (χ1v) is 7.27. The SMILES string of the molecule is COC(=O)C1CCN(C(=O)c2cc(C)c(Br)s2)C1. The second-order valence-electron chi connectivity index (χ2n) is 4.33. The van der Waals surface area contributed by atoms with Gasteiger partial charge in [0.25, 0.3) is 5.91 Å². The third-order valence-electron chi connectivity index (χ3n) is 3.08. The highest BCUT2D eigenvalue weighted by atomic mass is 79.9. The van der Waals surface area contributed by atoms with E-state index in [1.165, 1.54) is 18.4 Å². The van der Waals surface area contributed by atoms with Crippen molar-refractivity contribution in [2.75, 3.05) is 20.2 Å². The zero-order valence-electron chi connectivity index (χ0n) is 10.2. The summed E-state index contributed by atoms with van der Waals surface area (Å²) in [6, 6.07) is 1.88. The molecule has 0 spiro atoms. The Bertz CT molecular complexity index is 466. The monoisotopic (exact) mass is 331 g/mol. The molecule has 1 aliphatic rings. The summed E-state index contributed by atoms with van der Waals surface area (Å²) in [6.45, 7) is 3.03. The maximum absolute atomic E-state index is 12.2. The van der Waals surface area contributed by atoms with E-state index in [1.807, 2.05) is 13.0 Å². The summed E-state index contributed by atoms with van der Waals surface area (Å²) in [5.74, 6) is -0.405. The van der Waals surface area contributed by atoms with Crippen molar-refractivity contribution in [2.24, 2.45) is 5.92 Å². The van der Waals surface area contributed by atoms with Crippen molar-refractivity contribution < 1.29 is 14.3 Å². The number of esters is 1. The smallest absolute Gasteiger partial charge is 0.310 e. The van der Waals surface area contributed by atoms with Gasteiger partial charge in [0.1, 0.15) is 0 Å². The number of hydrogen-bond donors (Lipinski definition) is 0. The van der Waals surface area contributed by atoms with Gasteiger partial charge in [-0.15, -0.1) is 11.3 Å². The standard InChI is InChI=1S/C12H14BrNO3S/c1-7-5-9(18-10(7)13)11(15)14-4-3-8(6-14)12(16)17-2/h5,8H,3-4,6H2,1-2H3. The van der Waals surface area contributed by atoms with Crippen molar-refractivity contribution in [3.8, 4) is 0 Å². The number of aryl methyl sites for hydroxylation is 1. The number of carbonyl (C=O) groups is 2. The van der Waals surface area contributed by atoms with E-state index in [0.29, 0.717) is 24.4 Å². The van der Waals surface area contributed by atoms with Gasteiger partial charge >= 0.3 is 5.97 Å². The molecule has 0 aliphatic carbocycles. The lowest BCUT2D eigenvalue weighted by Gasteiger charge is -2.14. The Morgan fingerprint density at radius 3 is 2.83 bits per heavy atom. The summed E-state index contributed by atoms with van der Waals surface area (Å²) in [7, 11) is 1.38. The molecule has 1 aromatic heterocycles. The number of ether oxygens (including phenoxy) is 1. The van der Waals surface area contributed by atoms with E-state index in [0.717, 1.165) is 9.35 Å². The lowest BCUT2D eigenvalue weighted by atomic mass is 10.1. The fourth-order valence-electron chi connectivity index (χ4n) is 2.02. The molecule has 4 nitrogen and oxygen atoms in total. The van der Waals surface area contributed by atoms with Crippen molar-refractivity contribution in [3.05, 3.63) is 20.3 Å². The Kier molecular flexibility index (Phi) is 4.07. The van der Waals surface area contributed by atoms with E-state index in [9.17, 15) is 9.59 Å². The van der Waals surface area contributed by atoms with E-state index in [2.05, 4.69) is 15.9 Å². The van der Waals surface area contributed by atoms with Gasteiger partial charge in [-0.2, -0.15) is 0 Å². The molecule has 1 fully saturated rings. The van der Waals surface area contributed by atoms with Gasteiger partial charge in [0.2, 0.25) is 0 Å². The molecule has 2 heterocycles. The minimum Gasteiger partial charge on any atom is -0.469 e. The molecule has 18 heavy (non-hydrogen) atoms. The predicted octanol–water partition coefficient (Wildman–Crippen LogP) is 2.45. The Balaban J connectivity index is 2.05. The normalized spacial score (nSPS) is 19.1. The number of methoxy groups -OCH3 is 1. The summed E-state index contributed by atoms with van der Waals surface area (Å²) in [5.41, 5.74) is 1.06. The number of hydrogen-bond acceptors (Lipinski definition) is 4. The van der Waals surface area contributed by atoms with Crippen molar-refractivity contribution in [3.63, 3.8) is 0 Å². The highest BCUT2D eigenvalue weighted by Crippen LogP contribution is 2.29. The summed E-state index contributed by atoms with van der Waals surface area (Å²) in [4.78, 5) is 26.1. The fourth-order valence-corrected chi connectivity index (χ4v) is 3.53. The number of halogens is 1. The third-order valence-corrected chi connectivity index (χ3v) is 5.20. The van der Waals surface area contributed by atoms with Crippen LogP contribution in [-0.2, 0) is 9.53 Å². The average Bonchev–Trinajstić information content (AvgIpc) is 2.96. The molecule has 0 radical (unpaired) electrons. The molecule has 1 saturated heterocycles. The van der Waals surface area contributed by atoms with Crippen LogP contribution in [0.1, 0.15) is 21.7 Å². The van der Waals surface area contributed by atoms with Crippen LogP contribution in [0.5, 0.6) is 0 Å². The lowest BCUT2D eigenvalue weighted by molar-refractivity contribution is -0.144. The maximum atomic E-state index is 12.2. The lowest BCUT2D eigenvalue weighted by Crippen LogP contribution is -2.29. The molecule has 6 heteroatoms. The first-order chi connectivity index (χ1) is 8.52. The van der Waals surface area contributed by atoms with Crippen molar-refractivity contribution in [1.29, 1.82) is 0 Å². The van der Waals surface area contributed by atoms with Crippen molar-refractivity contribution >= 4 is 39.1 Å². The van der Waals surface area contributed by atoms with E-state index < -0.39 is 0 Å². The van der Waals surface area contributed by atoms with Crippen LogP contribution >= 0.6 is 27.3 Å². The average molecular weight is 332 g/mol. The Morgan fingerprint density at radius 2 is 2.28 bits per heavy atom. The zero-order chi connectivity index (χ0) is 13.3. The third kappa shape index (κ3) is 2.59. The quantitative estimate of drug-likeness (QED) is 0.782. The van der Waals surface area contributed by atoms with Gasteiger partial charge in [-0.1, -0.05) is 0 Å². The van der Waals surface area contributed by atoms with Crippen LogP contribution in [0.25, 0.3) is 0 Å². The van der Waals surface area contributed by atoms with Crippen LogP contribution in [0.2, 0.25) is 0 Å². The molecular weight excluding hydrogens is 318 g/mol. The van der Waals surface area contributed by atoms with Crippen molar-refractivity contribution in [2.45, 2.75) is 13.3 Å². The van der Waals surface area contributed by atoms with Crippen LogP contribution in [0.3, 0.4) is 0 Å². The summed E-state index contributed by atoms with van der Waals surface area (Å²) in [5, 5.41) is 0. The van der Waals surface area contributed by atoms with Crippen LogP contribution in [0, 0.1) is 12.8 Å². The minimum atomic E-state index is -0.228. The Labute approximate surface area is 118 Å². The summed E-state index contributed by atoms with van der Waals surface area (Å²) < 4.78 is 5.69. The largest absolute Gasteiger partial charge is 0.469 e. The van der Waals surface area contributed by atoms with Crippen LogP contribution in [0.4, 0.5) is 0 Å². The molecule has 0 N–H and O–H groups in total. The number of nitrogens with zero attached hydrogens (tertiary/aromatic N) is 1. The molecule has 2 rings (SSSR count). The maximum Gasteiger partial charge on any atom is 0.310 e. The Hall–Kier alpha value is -0.880. The van der Waals surface area contributed by atoms with Crippen LogP contribution in [-0.4, -0.2) is 37.0 Å². The van der Waals surface area contributed by atoms with Gasteiger partial charge in [-0.3, -0.25) is 9.59 Å². The topological polar surface area (TPSA) is 46.6 Å². The second-order valence-corrected chi connectivity index (χ2v) is 6.70. The van der Waals surface area contributed by atoms with Gasteiger partial charge in [-0.05, 0) is 40.9 Å². The molecule has 0 bridgehead atoms.